The fourth-order valence-corrected chi connectivity index (χ4v) is 6.49. The Bertz CT molecular complexity index is 1710. The van der Waals surface area contributed by atoms with Crippen molar-refractivity contribution in [2.24, 2.45) is 0 Å². The zero-order valence-corrected chi connectivity index (χ0v) is 28.7. The number of ether oxygens (including phenoxy) is 6. The number of esters is 2. The van der Waals surface area contributed by atoms with Crippen LogP contribution in [0.25, 0.3) is 0 Å². The van der Waals surface area contributed by atoms with Gasteiger partial charge in [-0.05, 0) is 27.8 Å². The number of carbonyl (C=O) groups is 2. The second-order valence-electron chi connectivity index (χ2n) is 12.3. The van der Waals surface area contributed by atoms with E-state index in [0.29, 0.717) is 0 Å². The fourth-order valence-electron chi connectivity index (χ4n) is 6.49. The second kappa shape index (κ2) is 17.2. The van der Waals surface area contributed by atoms with Crippen LogP contribution in [0.1, 0.15) is 41.7 Å². The van der Waals surface area contributed by atoms with Crippen molar-refractivity contribution in [2.75, 3.05) is 6.61 Å². The quantitative estimate of drug-likeness (QED) is 0.0883. The van der Waals surface area contributed by atoms with Gasteiger partial charge in [0.05, 0.1) is 19.8 Å². The highest BCUT2D eigenvalue weighted by Crippen LogP contribution is 2.41. The maximum absolute atomic E-state index is 12.5. The molecule has 0 saturated carbocycles. The van der Waals surface area contributed by atoms with Gasteiger partial charge in [-0.1, -0.05) is 152 Å². The van der Waals surface area contributed by atoms with Crippen molar-refractivity contribution >= 4 is 11.9 Å². The Morgan fingerprint density at radius 2 is 0.922 bits per heavy atom. The van der Waals surface area contributed by atoms with Gasteiger partial charge in [0.2, 0.25) is 6.29 Å². The molecule has 5 aromatic carbocycles. The van der Waals surface area contributed by atoms with E-state index >= 15 is 0 Å². The predicted octanol–water partition coefficient (Wildman–Crippen LogP) is 7.39. The van der Waals surface area contributed by atoms with Crippen molar-refractivity contribution in [1.82, 2.24) is 0 Å². The van der Waals surface area contributed by atoms with E-state index in [9.17, 15) is 9.59 Å². The first-order chi connectivity index (χ1) is 24.9. The van der Waals surface area contributed by atoms with E-state index in [1.807, 2.05) is 152 Å². The van der Waals surface area contributed by atoms with Crippen molar-refractivity contribution < 1.29 is 38.0 Å². The van der Waals surface area contributed by atoms with Crippen molar-refractivity contribution in [3.63, 3.8) is 0 Å². The molecule has 1 aliphatic rings. The van der Waals surface area contributed by atoms with Crippen LogP contribution in [0, 0.1) is 0 Å². The predicted molar refractivity (Wildman–Crippen MR) is 191 cm³/mol. The van der Waals surface area contributed by atoms with Gasteiger partial charge in [-0.25, -0.2) is 0 Å². The molecule has 0 aliphatic carbocycles. The molecular weight excluding hydrogens is 644 g/mol. The summed E-state index contributed by atoms with van der Waals surface area (Å²) in [6, 6.07) is 49.4. The largest absolute Gasteiger partial charge is 0.453 e. The number of hydrogen-bond acceptors (Lipinski definition) is 8. The van der Waals surface area contributed by atoms with Crippen LogP contribution in [-0.4, -0.2) is 49.3 Å². The Morgan fingerprint density at radius 1 is 0.529 bits per heavy atom. The molecule has 0 bridgehead atoms. The molecule has 1 aliphatic heterocycles. The van der Waals surface area contributed by atoms with Crippen LogP contribution in [0.2, 0.25) is 0 Å². The third-order valence-electron chi connectivity index (χ3n) is 8.75. The summed E-state index contributed by atoms with van der Waals surface area (Å²) in [5.74, 6) is -1.18. The molecule has 1 heterocycles. The molecule has 6 rings (SSSR count). The van der Waals surface area contributed by atoms with E-state index in [2.05, 4.69) is 0 Å². The second-order valence-corrected chi connectivity index (χ2v) is 12.3. The van der Waals surface area contributed by atoms with Crippen molar-refractivity contribution in [2.45, 2.75) is 63.4 Å². The van der Waals surface area contributed by atoms with Crippen LogP contribution < -0.4 is 0 Å². The summed E-state index contributed by atoms with van der Waals surface area (Å²) in [4.78, 5) is 25.0. The van der Waals surface area contributed by atoms with Crippen LogP contribution in [0.5, 0.6) is 0 Å². The molecule has 0 N–H and O–H groups in total. The van der Waals surface area contributed by atoms with Gasteiger partial charge in [0.25, 0.3) is 0 Å². The van der Waals surface area contributed by atoms with E-state index in [1.165, 1.54) is 13.8 Å². The summed E-state index contributed by atoms with van der Waals surface area (Å²) in [5.41, 5.74) is 3.49. The Morgan fingerprint density at radius 3 is 1.33 bits per heavy atom. The van der Waals surface area contributed by atoms with Gasteiger partial charge in [-0.15, -0.1) is 0 Å². The Labute approximate surface area is 298 Å². The molecule has 1 fully saturated rings. The lowest BCUT2D eigenvalue weighted by atomic mass is 9.80. The summed E-state index contributed by atoms with van der Waals surface area (Å²) < 4.78 is 38.5. The van der Waals surface area contributed by atoms with Gasteiger partial charge in [-0.3, -0.25) is 9.59 Å². The van der Waals surface area contributed by atoms with E-state index in [-0.39, 0.29) is 19.8 Å². The molecule has 5 aromatic rings. The smallest absolute Gasteiger partial charge is 0.305 e. The minimum absolute atomic E-state index is 0.0199. The molecule has 8 heteroatoms. The topological polar surface area (TPSA) is 89.5 Å². The third-order valence-corrected chi connectivity index (χ3v) is 8.75. The molecule has 0 spiro atoms. The van der Waals surface area contributed by atoms with Crippen molar-refractivity contribution in [1.29, 1.82) is 0 Å². The van der Waals surface area contributed by atoms with Crippen LogP contribution in [0.3, 0.4) is 0 Å². The van der Waals surface area contributed by atoms with Gasteiger partial charge in [0.1, 0.15) is 23.9 Å². The first-order valence-corrected chi connectivity index (χ1v) is 17.1. The highest BCUT2D eigenvalue weighted by molar-refractivity contribution is 5.67. The van der Waals surface area contributed by atoms with Crippen molar-refractivity contribution in [3.05, 3.63) is 179 Å². The van der Waals surface area contributed by atoms with Crippen LogP contribution >= 0.6 is 0 Å². The molecule has 5 atom stereocenters. The monoisotopic (exact) mass is 686 g/mol. The zero-order valence-electron chi connectivity index (χ0n) is 28.7. The standard InChI is InChI=1S/C43H42O8/c1-31(44)49-41-40(47-29-34-20-10-4-11-21-34)39(46-28-33-18-8-3-9-19-33)38(51-42(41)50-32(2)45)30-48-43(35-22-12-5-13-23-35,36-24-14-6-15-25-36)37-26-16-7-17-27-37/h3-27,38-42H,28-30H2,1-2H3/t38-,39+,40+,41-,42-/m0/s1. The summed E-state index contributed by atoms with van der Waals surface area (Å²) in [5, 5.41) is 0. The first kappa shape index (κ1) is 35.7. The molecule has 0 amide bonds. The lowest BCUT2D eigenvalue weighted by molar-refractivity contribution is -0.314. The maximum atomic E-state index is 12.5. The lowest BCUT2D eigenvalue weighted by Crippen LogP contribution is -2.62. The van der Waals surface area contributed by atoms with Gasteiger partial charge < -0.3 is 28.4 Å². The molecule has 0 radical (unpaired) electrons. The lowest BCUT2D eigenvalue weighted by Gasteiger charge is -2.46. The van der Waals surface area contributed by atoms with Crippen molar-refractivity contribution in [3.8, 4) is 0 Å². The highest BCUT2D eigenvalue weighted by Gasteiger charge is 2.52. The minimum atomic E-state index is -1.29. The van der Waals surface area contributed by atoms with Gasteiger partial charge in [0, 0.05) is 13.8 Å². The van der Waals surface area contributed by atoms with E-state index in [0.717, 1.165) is 27.8 Å². The third kappa shape index (κ3) is 8.79. The molecule has 262 valence electrons. The fraction of sp³-hybridized carbons (Fsp3) is 0.256. The average molecular weight is 687 g/mol. The summed E-state index contributed by atoms with van der Waals surface area (Å²) in [7, 11) is 0. The van der Waals surface area contributed by atoms with E-state index in [1.54, 1.807) is 0 Å². The van der Waals surface area contributed by atoms with Gasteiger partial charge in [-0.2, -0.15) is 0 Å². The molecule has 0 aromatic heterocycles. The van der Waals surface area contributed by atoms with Gasteiger partial charge >= 0.3 is 11.9 Å². The number of benzene rings is 5. The van der Waals surface area contributed by atoms with Crippen LogP contribution in [0.4, 0.5) is 0 Å². The van der Waals surface area contributed by atoms with Crippen LogP contribution in [-0.2, 0) is 56.8 Å². The number of carbonyl (C=O) groups excluding carboxylic acids is 2. The highest BCUT2D eigenvalue weighted by atomic mass is 16.7. The maximum Gasteiger partial charge on any atom is 0.305 e. The molecule has 0 unspecified atom stereocenters. The Hall–Kier alpha value is -5.12. The Balaban J connectivity index is 1.43. The normalized spacial score (nSPS) is 20.3. The van der Waals surface area contributed by atoms with E-state index < -0.39 is 48.2 Å². The number of hydrogen-bond donors (Lipinski definition) is 0. The average Bonchev–Trinajstić information content (AvgIpc) is 3.16. The minimum Gasteiger partial charge on any atom is -0.453 e. The summed E-state index contributed by atoms with van der Waals surface area (Å²) in [6.07, 6.45) is -5.01. The molecule has 1 saturated heterocycles. The summed E-state index contributed by atoms with van der Waals surface area (Å²) in [6.45, 7) is 2.94. The first-order valence-electron chi connectivity index (χ1n) is 17.1. The molecule has 51 heavy (non-hydrogen) atoms. The zero-order chi connectivity index (χ0) is 35.5. The van der Waals surface area contributed by atoms with Crippen LogP contribution in [0.15, 0.2) is 152 Å². The Kier molecular flexibility index (Phi) is 12.0. The molecule has 8 nitrogen and oxygen atoms in total. The summed E-state index contributed by atoms with van der Waals surface area (Å²) >= 11 is 0. The van der Waals surface area contributed by atoms with E-state index in [4.69, 9.17) is 28.4 Å². The molecular formula is C43H42O8. The number of rotatable bonds is 14. The van der Waals surface area contributed by atoms with Gasteiger partial charge in [0.15, 0.2) is 6.10 Å². The SMILES string of the molecule is CC(=O)O[C@H]1O[C@@H](COC(c2ccccc2)(c2ccccc2)c2ccccc2)[C@@H](OCc2ccccc2)[C@@H](OCc2ccccc2)[C@@H]1OC(C)=O.